The van der Waals surface area contributed by atoms with Gasteiger partial charge in [0.15, 0.2) is 0 Å². The van der Waals surface area contributed by atoms with Crippen LogP contribution in [0.5, 0.6) is 0 Å². The number of nitrogens with one attached hydrogen (secondary N) is 1. The van der Waals surface area contributed by atoms with E-state index >= 15 is 0 Å². The molecule has 0 spiro atoms. The molecule has 0 saturated heterocycles. The molecule has 3 rings (SSSR count). The van der Waals surface area contributed by atoms with Crippen molar-refractivity contribution >= 4 is 23.5 Å². The predicted molar refractivity (Wildman–Crippen MR) is 91.3 cm³/mol. The van der Waals surface area contributed by atoms with E-state index in [1.807, 2.05) is 0 Å². The second kappa shape index (κ2) is 8.55. The highest BCUT2D eigenvalue weighted by molar-refractivity contribution is 6.32. The van der Waals surface area contributed by atoms with Crippen LogP contribution in [0.2, 0.25) is 5.02 Å². The maximum absolute atomic E-state index is 13.2. The van der Waals surface area contributed by atoms with E-state index in [4.69, 9.17) is 11.6 Å². The zero-order valence-corrected chi connectivity index (χ0v) is 15.1. The molecule has 2 heterocycles. The van der Waals surface area contributed by atoms with Crippen LogP contribution in [-0.2, 0) is 17.9 Å². The quantitative estimate of drug-likeness (QED) is 0.573. The summed E-state index contributed by atoms with van der Waals surface area (Å²) in [5.41, 5.74) is -1.42. The van der Waals surface area contributed by atoms with Gasteiger partial charge in [0.25, 0.3) is 12.9 Å². The lowest BCUT2D eigenvalue weighted by Gasteiger charge is -2.06. The molecule has 0 fully saturated rings. The summed E-state index contributed by atoms with van der Waals surface area (Å²) in [5.74, 6) is -1.46. The Morgan fingerprint density at radius 2 is 1.93 bits per heavy atom. The normalized spacial score (nSPS) is 11.4. The van der Waals surface area contributed by atoms with Crippen molar-refractivity contribution < 1.29 is 26.7 Å². The van der Waals surface area contributed by atoms with Gasteiger partial charge >= 0.3 is 0 Å². The highest BCUT2D eigenvalue weighted by Gasteiger charge is 2.28. The third kappa shape index (κ3) is 4.88. The molecule has 0 aliphatic carbocycles. The first-order valence-electron chi connectivity index (χ1n) is 8.00. The summed E-state index contributed by atoms with van der Waals surface area (Å²) in [4.78, 5) is 15.9. The SMILES string of the molecule is O=C(Cn1nc(C(F)F)c(Cl)c1C(F)F)Nc1ncn(Cc2cccc(F)c2)n1. The van der Waals surface area contributed by atoms with E-state index in [0.29, 0.717) is 10.2 Å². The third-order valence-electron chi connectivity index (χ3n) is 3.68. The Kier molecular flexibility index (Phi) is 6.11. The first-order chi connectivity index (χ1) is 13.7. The highest BCUT2D eigenvalue weighted by atomic mass is 35.5. The number of nitrogens with zero attached hydrogens (tertiary/aromatic N) is 5. The minimum absolute atomic E-state index is 0.155. The van der Waals surface area contributed by atoms with E-state index in [2.05, 4.69) is 20.5 Å². The number of alkyl halides is 4. The molecule has 1 aromatic carbocycles. The van der Waals surface area contributed by atoms with Crippen LogP contribution in [0.1, 0.15) is 29.8 Å². The zero-order chi connectivity index (χ0) is 21.1. The Morgan fingerprint density at radius 3 is 2.59 bits per heavy atom. The Labute approximate surface area is 165 Å². The summed E-state index contributed by atoms with van der Waals surface area (Å²) in [6.45, 7) is -0.632. The van der Waals surface area contributed by atoms with Crippen LogP contribution in [0.25, 0.3) is 0 Å². The maximum Gasteiger partial charge on any atom is 0.283 e. The predicted octanol–water partition coefficient (Wildman–Crippen LogP) is 3.83. The second-order valence-corrected chi connectivity index (χ2v) is 6.17. The van der Waals surface area contributed by atoms with Crippen LogP contribution in [-0.4, -0.2) is 30.5 Å². The van der Waals surface area contributed by atoms with Crippen molar-refractivity contribution in [3.05, 3.63) is 58.4 Å². The molecule has 29 heavy (non-hydrogen) atoms. The number of benzene rings is 1. The van der Waals surface area contributed by atoms with Crippen molar-refractivity contribution in [2.24, 2.45) is 0 Å². The van der Waals surface area contributed by atoms with Gasteiger partial charge in [0, 0.05) is 0 Å². The van der Waals surface area contributed by atoms with Crippen LogP contribution in [0.3, 0.4) is 0 Å². The number of carbonyl (C=O) groups excluding carboxylic acids is 1. The van der Waals surface area contributed by atoms with Gasteiger partial charge in [0.05, 0.1) is 11.6 Å². The van der Waals surface area contributed by atoms with Gasteiger partial charge in [-0.1, -0.05) is 23.7 Å². The largest absolute Gasteiger partial charge is 0.292 e. The second-order valence-electron chi connectivity index (χ2n) is 5.79. The number of anilines is 1. The summed E-state index contributed by atoms with van der Waals surface area (Å²) >= 11 is 5.52. The number of rotatable bonds is 7. The Bertz CT molecular complexity index is 1020. The molecule has 1 N–H and O–H groups in total. The molecule has 0 saturated carbocycles. The van der Waals surface area contributed by atoms with E-state index in [-0.39, 0.29) is 12.5 Å². The number of carbonyl (C=O) groups is 1. The lowest BCUT2D eigenvalue weighted by atomic mass is 10.2. The lowest BCUT2D eigenvalue weighted by molar-refractivity contribution is -0.117. The van der Waals surface area contributed by atoms with Crippen LogP contribution in [0.4, 0.5) is 27.9 Å². The van der Waals surface area contributed by atoms with Crippen LogP contribution >= 0.6 is 11.6 Å². The molecule has 13 heteroatoms. The zero-order valence-electron chi connectivity index (χ0n) is 14.4. The highest BCUT2D eigenvalue weighted by Crippen LogP contribution is 2.34. The first-order valence-corrected chi connectivity index (χ1v) is 8.38. The molecule has 0 radical (unpaired) electrons. The molecule has 154 valence electrons. The standard InChI is InChI=1S/C16H12ClF5N6O/c17-11-12(14(19)20)25-28(13(11)15(21)22)6-10(29)24-16-23-7-27(26-16)5-8-2-1-3-9(18)4-8/h1-4,7,14-15H,5-6H2,(H,24,26,29). The van der Waals surface area contributed by atoms with Crippen LogP contribution in [0.15, 0.2) is 30.6 Å². The number of hydrogen-bond acceptors (Lipinski definition) is 4. The van der Waals surface area contributed by atoms with Crippen molar-refractivity contribution in [1.82, 2.24) is 24.5 Å². The molecule has 2 aromatic heterocycles. The summed E-state index contributed by atoms with van der Waals surface area (Å²) < 4.78 is 66.8. The van der Waals surface area contributed by atoms with Gasteiger partial charge in [-0.2, -0.15) is 5.10 Å². The topological polar surface area (TPSA) is 77.6 Å². The molecule has 7 nitrogen and oxygen atoms in total. The van der Waals surface area contributed by atoms with Crippen molar-refractivity contribution in [2.75, 3.05) is 5.32 Å². The van der Waals surface area contributed by atoms with Gasteiger partial charge in [0.2, 0.25) is 11.9 Å². The van der Waals surface area contributed by atoms with E-state index < -0.39 is 47.5 Å². The maximum atomic E-state index is 13.2. The van der Waals surface area contributed by atoms with Gasteiger partial charge in [-0.05, 0) is 17.7 Å². The first kappa shape index (κ1) is 20.7. The minimum atomic E-state index is -3.21. The monoisotopic (exact) mass is 434 g/mol. The molecule has 1 amide bonds. The van der Waals surface area contributed by atoms with E-state index in [1.165, 1.54) is 29.2 Å². The van der Waals surface area contributed by atoms with Crippen molar-refractivity contribution in [3.8, 4) is 0 Å². The van der Waals surface area contributed by atoms with Crippen molar-refractivity contribution in [2.45, 2.75) is 25.9 Å². The molecule has 3 aromatic rings. The van der Waals surface area contributed by atoms with Gasteiger partial charge < -0.3 is 0 Å². The summed E-state index contributed by atoms with van der Waals surface area (Å²) in [6.07, 6.45) is -5.12. The number of aromatic nitrogens is 5. The summed E-state index contributed by atoms with van der Waals surface area (Å²) in [5, 5.41) is 8.60. The fourth-order valence-electron chi connectivity index (χ4n) is 2.49. The van der Waals surface area contributed by atoms with Gasteiger partial charge in [-0.3, -0.25) is 14.8 Å². The van der Waals surface area contributed by atoms with E-state index in [1.54, 1.807) is 6.07 Å². The number of halogens is 6. The fourth-order valence-corrected chi connectivity index (χ4v) is 2.79. The number of hydrogen-bond donors (Lipinski definition) is 1. The molecule has 0 unspecified atom stereocenters. The number of amides is 1. The average Bonchev–Trinajstić information content (AvgIpc) is 3.18. The average molecular weight is 435 g/mol. The molecule has 0 bridgehead atoms. The summed E-state index contributed by atoms with van der Waals surface area (Å²) in [7, 11) is 0. The van der Waals surface area contributed by atoms with Gasteiger partial charge in [-0.15, -0.1) is 5.10 Å². The lowest BCUT2D eigenvalue weighted by Crippen LogP contribution is -2.22. The van der Waals surface area contributed by atoms with Gasteiger partial charge in [0.1, 0.15) is 30.1 Å². The molecular weight excluding hydrogens is 423 g/mol. The molecular formula is C16H12ClF5N6O. The Balaban J connectivity index is 1.69. The molecule has 0 atom stereocenters. The molecule has 0 aliphatic heterocycles. The smallest absolute Gasteiger partial charge is 0.283 e. The summed E-state index contributed by atoms with van der Waals surface area (Å²) in [6, 6.07) is 5.77. The minimum Gasteiger partial charge on any atom is -0.292 e. The van der Waals surface area contributed by atoms with Crippen LogP contribution < -0.4 is 5.32 Å². The Hall–Kier alpha value is -3.02. The van der Waals surface area contributed by atoms with Gasteiger partial charge in [-0.25, -0.2) is 31.6 Å². The third-order valence-corrected chi connectivity index (χ3v) is 4.07. The van der Waals surface area contributed by atoms with E-state index in [9.17, 15) is 26.7 Å². The Morgan fingerprint density at radius 1 is 1.17 bits per heavy atom. The fraction of sp³-hybridized carbons (Fsp3) is 0.250. The van der Waals surface area contributed by atoms with Crippen molar-refractivity contribution in [3.63, 3.8) is 0 Å². The van der Waals surface area contributed by atoms with E-state index in [0.717, 1.165) is 0 Å². The van der Waals surface area contributed by atoms with Crippen molar-refractivity contribution in [1.29, 1.82) is 0 Å². The molecule has 0 aliphatic rings. The van der Waals surface area contributed by atoms with Crippen LogP contribution in [0, 0.1) is 5.82 Å².